The van der Waals surface area contributed by atoms with Crippen LogP contribution in [0.1, 0.15) is 34.7 Å². The maximum absolute atomic E-state index is 12.3. The quantitative estimate of drug-likeness (QED) is 0.729. The Balaban J connectivity index is 1.32. The van der Waals surface area contributed by atoms with Gasteiger partial charge >= 0.3 is 0 Å². The highest BCUT2D eigenvalue weighted by molar-refractivity contribution is 5.94. The Labute approximate surface area is 158 Å². The number of likely N-dealkylation sites (tertiary alicyclic amines) is 1. The second kappa shape index (κ2) is 8.14. The molecular weight excluding hydrogens is 340 g/mol. The van der Waals surface area contributed by atoms with Crippen LogP contribution in [0.4, 0.5) is 0 Å². The average Bonchev–Trinajstić information content (AvgIpc) is 3.39. The maximum Gasteiger partial charge on any atom is 0.251 e. The summed E-state index contributed by atoms with van der Waals surface area (Å²) in [6, 6.07) is 17.4. The van der Waals surface area contributed by atoms with Gasteiger partial charge in [-0.25, -0.2) is 0 Å². The molecule has 0 bridgehead atoms. The lowest BCUT2D eigenvalue weighted by atomic mass is 10.1. The highest BCUT2D eigenvalue weighted by Gasteiger charge is 2.13. The zero-order chi connectivity index (χ0) is 18.5. The third-order valence-corrected chi connectivity index (χ3v) is 4.72. The summed E-state index contributed by atoms with van der Waals surface area (Å²) in [6.07, 6.45) is 2.56. The number of aromatic nitrogens is 2. The Morgan fingerprint density at radius 1 is 1.04 bits per heavy atom. The van der Waals surface area contributed by atoms with E-state index in [9.17, 15) is 4.79 Å². The minimum Gasteiger partial charge on any atom is -0.343 e. The lowest BCUT2D eigenvalue weighted by Crippen LogP contribution is -2.23. The van der Waals surface area contributed by atoms with Crippen molar-refractivity contribution in [1.29, 1.82) is 0 Å². The van der Waals surface area contributed by atoms with E-state index in [1.807, 2.05) is 54.6 Å². The number of hydrogen-bond acceptors (Lipinski definition) is 5. The van der Waals surface area contributed by atoms with Gasteiger partial charge in [-0.05, 0) is 43.6 Å². The van der Waals surface area contributed by atoms with Crippen LogP contribution in [0.25, 0.3) is 11.4 Å². The SMILES string of the molecule is O=C(NCc1nc(-c2ccccc2)no1)c1ccc(CN2CCCC2)cc1. The van der Waals surface area contributed by atoms with Crippen molar-refractivity contribution >= 4 is 5.91 Å². The Kier molecular flexibility index (Phi) is 5.25. The van der Waals surface area contributed by atoms with Crippen molar-refractivity contribution in [3.05, 3.63) is 71.6 Å². The van der Waals surface area contributed by atoms with Gasteiger partial charge in [0.25, 0.3) is 5.91 Å². The van der Waals surface area contributed by atoms with Gasteiger partial charge in [-0.3, -0.25) is 9.69 Å². The maximum atomic E-state index is 12.3. The minimum atomic E-state index is -0.151. The number of amides is 1. The van der Waals surface area contributed by atoms with Crippen LogP contribution >= 0.6 is 0 Å². The van der Waals surface area contributed by atoms with Gasteiger partial charge in [0.2, 0.25) is 11.7 Å². The molecule has 1 fully saturated rings. The molecule has 3 aromatic rings. The van der Waals surface area contributed by atoms with E-state index in [0.29, 0.717) is 17.3 Å². The van der Waals surface area contributed by atoms with Crippen molar-refractivity contribution in [2.45, 2.75) is 25.9 Å². The summed E-state index contributed by atoms with van der Waals surface area (Å²) in [7, 11) is 0. The fourth-order valence-electron chi connectivity index (χ4n) is 3.25. The molecule has 138 valence electrons. The van der Waals surface area contributed by atoms with Gasteiger partial charge < -0.3 is 9.84 Å². The first kappa shape index (κ1) is 17.4. The Bertz CT molecular complexity index is 884. The van der Waals surface area contributed by atoms with E-state index in [2.05, 4.69) is 20.4 Å². The van der Waals surface area contributed by atoms with E-state index in [0.717, 1.165) is 25.2 Å². The Hall–Kier alpha value is -2.99. The summed E-state index contributed by atoms with van der Waals surface area (Å²) in [6.45, 7) is 3.48. The van der Waals surface area contributed by atoms with Crippen LogP contribution in [0.3, 0.4) is 0 Å². The molecule has 4 rings (SSSR count). The fraction of sp³-hybridized carbons (Fsp3) is 0.286. The molecule has 2 heterocycles. The Morgan fingerprint density at radius 3 is 2.52 bits per heavy atom. The van der Waals surface area contributed by atoms with Gasteiger partial charge in [0.05, 0.1) is 6.54 Å². The highest BCUT2D eigenvalue weighted by atomic mass is 16.5. The van der Waals surface area contributed by atoms with Crippen LogP contribution in [-0.2, 0) is 13.1 Å². The van der Waals surface area contributed by atoms with Crippen molar-refractivity contribution in [2.75, 3.05) is 13.1 Å². The van der Waals surface area contributed by atoms with E-state index in [-0.39, 0.29) is 12.5 Å². The molecule has 2 aromatic carbocycles. The molecule has 0 aliphatic carbocycles. The van der Waals surface area contributed by atoms with E-state index in [1.165, 1.54) is 18.4 Å². The summed E-state index contributed by atoms with van der Waals surface area (Å²) in [5, 5.41) is 6.78. The first-order valence-corrected chi connectivity index (χ1v) is 9.25. The number of carbonyl (C=O) groups is 1. The second-order valence-corrected chi connectivity index (χ2v) is 6.74. The number of nitrogens with zero attached hydrogens (tertiary/aromatic N) is 3. The van der Waals surface area contributed by atoms with E-state index < -0.39 is 0 Å². The van der Waals surface area contributed by atoms with Gasteiger partial charge in [-0.1, -0.05) is 47.6 Å². The van der Waals surface area contributed by atoms with Gasteiger partial charge in [-0.2, -0.15) is 4.98 Å². The summed E-state index contributed by atoms with van der Waals surface area (Å²) < 4.78 is 5.22. The largest absolute Gasteiger partial charge is 0.343 e. The third-order valence-electron chi connectivity index (χ3n) is 4.72. The number of benzene rings is 2. The smallest absolute Gasteiger partial charge is 0.251 e. The van der Waals surface area contributed by atoms with E-state index in [1.54, 1.807) is 0 Å². The van der Waals surface area contributed by atoms with Gasteiger partial charge in [0, 0.05) is 17.7 Å². The molecule has 27 heavy (non-hydrogen) atoms. The van der Waals surface area contributed by atoms with Crippen LogP contribution in [-0.4, -0.2) is 34.0 Å². The summed E-state index contributed by atoms with van der Waals surface area (Å²) >= 11 is 0. The molecule has 1 aliphatic heterocycles. The predicted octanol–water partition coefficient (Wildman–Crippen LogP) is 3.26. The van der Waals surface area contributed by atoms with Crippen LogP contribution in [0.5, 0.6) is 0 Å². The van der Waals surface area contributed by atoms with Crippen LogP contribution in [0, 0.1) is 0 Å². The van der Waals surface area contributed by atoms with Crippen molar-refractivity contribution in [1.82, 2.24) is 20.4 Å². The van der Waals surface area contributed by atoms with Crippen LogP contribution in [0.15, 0.2) is 59.1 Å². The predicted molar refractivity (Wildman–Crippen MR) is 102 cm³/mol. The molecular formula is C21H22N4O2. The lowest BCUT2D eigenvalue weighted by molar-refractivity contribution is 0.0946. The molecule has 1 N–H and O–H groups in total. The molecule has 0 radical (unpaired) electrons. The molecule has 0 atom stereocenters. The van der Waals surface area contributed by atoms with Crippen molar-refractivity contribution in [2.24, 2.45) is 0 Å². The van der Waals surface area contributed by atoms with Crippen molar-refractivity contribution in [3.63, 3.8) is 0 Å². The molecule has 6 nitrogen and oxygen atoms in total. The Morgan fingerprint density at radius 2 is 1.78 bits per heavy atom. The second-order valence-electron chi connectivity index (χ2n) is 6.74. The molecule has 0 saturated carbocycles. The number of hydrogen-bond donors (Lipinski definition) is 1. The zero-order valence-electron chi connectivity index (χ0n) is 15.1. The average molecular weight is 362 g/mol. The molecule has 0 spiro atoms. The van der Waals surface area contributed by atoms with E-state index in [4.69, 9.17) is 4.52 Å². The minimum absolute atomic E-state index is 0.151. The topological polar surface area (TPSA) is 71.3 Å². The molecule has 6 heteroatoms. The summed E-state index contributed by atoms with van der Waals surface area (Å²) in [4.78, 5) is 19.1. The first-order chi connectivity index (χ1) is 13.3. The van der Waals surface area contributed by atoms with Crippen LogP contribution in [0.2, 0.25) is 0 Å². The number of carbonyl (C=O) groups excluding carboxylic acids is 1. The molecule has 1 amide bonds. The molecule has 0 unspecified atom stereocenters. The number of nitrogens with one attached hydrogen (secondary N) is 1. The monoisotopic (exact) mass is 362 g/mol. The van der Waals surface area contributed by atoms with Gasteiger partial charge in [0.1, 0.15) is 0 Å². The summed E-state index contributed by atoms with van der Waals surface area (Å²) in [5.74, 6) is 0.751. The zero-order valence-corrected chi connectivity index (χ0v) is 15.1. The molecule has 1 saturated heterocycles. The molecule has 1 aliphatic rings. The summed E-state index contributed by atoms with van der Waals surface area (Å²) in [5.41, 5.74) is 2.74. The highest BCUT2D eigenvalue weighted by Crippen LogP contribution is 2.15. The molecule has 1 aromatic heterocycles. The van der Waals surface area contributed by atoms with Crippen molar-refractivity contribution < 1.29 is 9.32 Å². The fourth-order valence-corrected chi connectivity index (χ4v) is 3.25. The normalized spacial score (nSPS) is 14.4. The third kappa shape index (κ3) is 4.41. The van der Waals surface area contributed by atoms with E-state index >= 15 is 0 Å². The standard InChI is InChI=1S/C21H22N4O2/c26-21(18-10-8-16(9-11-18)15-25-12-4-5-13-25)22-14-19-23-20(24-27-19)17-6-2-1-3-7-17/h1-3,6-11H,4-5,12-15H2,(H,22,26). The van der Waals surface area contributed by atoms with Gasteiger partial charge in [-0.15, -0.1) is 0 Å². The lowest BCUT2D eigenvalue weighted by Gasteiger charge is -2.14. The van der Waals surface area contributed by atoms with Crippen LogP contribution < -0.4 is 5.32 Å². The number of rotatable bonds is 6. The van der Waals surface area contributed by atoms with Gasteiger partial charge in [0.15, 0.2) is 0 Å². The first-order valence-electron chi connectivity index (χ1n) is 9.25. The van der Waals surface area contributed by atoms with Crippen molar-refractivity contribution in [3.8, 4) is 11.4 Å².